The van der Waals surface area contributed by atoms with Gasteiger partial charge in [0.2, 0.25) is 5.43 Å². The summed E-state index contributed by atoms with van der Waals surface area (Å²) in [7, 11) is 0. The van der Waals surface area contributed by atoms with Gasteiger partial charge in [0.1, 0.15) is 11.3 Å². The van der Waals surface area contributed by atoms with Crippen LogP contribution in [-0.2, 0) is 4.74 Å². The Morgan fingerprint density at radius 2 is 2.00 bits per heavy atom. The normalized spacial score (nSPS) is 14.0. The molecule has 2 aromatic heterocycles. The van der Waals surface area contributed by atoms with Crippen LogP contribution in [0, 0.1) is 11.6 Å². The zero-order valence-corrected chi connectivity index (χ0v) is 14.6. The van der Waals surface area contributed by atoms with Gasteiger partial charge >= 0.3 is 5.97 Å². The first-order valence-corrected chi connectivity index (χ1v) is 8.55. The number of nitrogens with one attached hydrogen (secondary N) is 1. The molecular weight excluding hydrogens is 376 g/mol. The molecule has 146 valence electrons. The maximum absolute atomic E-state index is 14.9. The number of aromatic hydroxyl groups is 1. The molecule has 1 amide bonds. The number of primary amides is 1. The number of amides is 1. The number of aromatic amines is 1. The summed E-state index contributed by atoms with van der Waals surface area (Å²) in [5.74, 6) is -5.73. The zero-order chi connectivity index (χ0) is 20.3. The van der Waals surface area contributed by atoms with E-state index in [1.165, 1.54) is 4.57 Å². The van der Waals surface area contributed by atoms with Gasteiger partial charge in [-0.05, 0) is 19.8 Å². The molecule has 10 heteroatoms. The van der Waals surface area contributed by atoms with Crippen molar-refractivity contribution in [2.75, 3.05) is 6.61 Å². The number of rotatable bonds is 4. The first-order chi connectivity index (χ1) is 13.3. The van der Waals surface area contributed by atoms with E-state index >= 15 is 0 Å². The summed E-state index contributed by atoms with van der Waals surface area (Å²) in [6.45, 7) is 1.58. The fourth-order valence-electron chi connectivity index (χ4n) is 3.37. The smallest absolute Gasteiger partial charge is 0.343 e. The molecule has 28 heavy (non-hydrogen) atoms. The van der Waals surface area contributed by atoms with E-state index in [9.17, 15) is 28.3 Å². The molecule has 4 rings (SSSR count). The summed E-state index contributed by atoms with van der Waals surface area (Å²) in [6.07, 6.45) is 2.47. The lowest BCUT2D eigenvalue weighted by Crippen LogP contribution is -2.22. The van der Waals surface area contributed by atoms with Gasteiger partial charge in [-0.3, -0.25) is 9.59 Å². The number of nitrogens with zero attached hydrogens (tertiary/aromatic N) is 1. The number of hydrogen-bond acceptors (Lipinski definition) is 5. The first-order valence-electron chi connectivity index (χ1n) is 8.55. The van der Waals surface area contributed by atoms with Crippen molar-refractivity contribution in [1.29, 1.82) is 0 Å². The minimum absolute atomic E-state index is 0.0159. The molecule has 1 saturated carbocycles. The minimum atomic E-state index is -1.43. The molecule has 3 aromatic rings. The number of ether oxygens (including phenoxy) is 1. The maximum Gasteiger partial charge on any atom is 0.343 e. The second-order valence-corrected chi connectivity index (χ2v) is 6.55. The molecule has 1 aliphatic carbocycles. The molecule has 2 heterocycles. The van der Waals surface area contributed by atoms with Crippen LogP contribution in [0.1, 0.15) is 46.7 Å². The van der Waals surface area contributed by atoms with Crippen molar-refractivity contribution in [3.63, 3.8) is 0 Å². The molecule has 8 nitrogen and oxygen atoms in total. The highest BCUT2D eigenvalue weighted by atomic mass is 19.2. The predicted octanol–water partition coefficient (Wildman–Crippen LogP) is 2.08. The van der Waals surface area contributed by atoms with Crippen LogP contribution in [-0.4, -0.2) is 33.1 Å². The number of esters is 1. The molecule has 1 fully saturated rings. The molecule has 0 spiro atoms. The number of benzene rings is 1. The quantitative estimate of drug-likeness (QED) is 0.587. The zero-order valence-electron chi connectivity index (χ0n) is 14.6. The molecule has 0 unspecified atom stereocenters. The Morgan fingerprint density at radius 1 is 1.32 bits per heavy atom. The average Bonchev–Trinajstić information content (AvgIpc) is 3.42. The van der Waals surface area contributed by atoms with Crippen molar-refractivity contribution in [1.82, 2.24) is 9.55 Å². The lowest BCUT2D eigenvalue weighted by Gasteiger charge is -2.14. The van der Waals surface area contributed by atoms with Gasteiger partial charge in [-0.2, -0.15) is 0 Å². The molecule has 4 N–H and O–H groups in total. The highest BCUT2D eigenvalue weighted by Gasteiger charge is 2.33. The van der Waals surface area contributed by atoms with E-state index in [1.54, 1.807) is 6.92 Å². The van der Waals surface area contributed by atoms with Crippen LogP contribution >= 0.6 is 0 Å². The Labute approximate surface area is 155 Å². The van der Waals surface area contributed by atoms with Gasteiger partial charge in [0.25, 0.3) is 5.91 Å². The second-order valence-electron chi connectivity index (χ2n) is 6.55. The maximum atomic E-state index is 14.9. The Kier molecular flexibility index (Phi) is 3.88. The van der Waals surface area contributed by atoms with E-state index in [2.05, 4.69) is 4.98 Å². The molecule has 0 bridgehead atoms. The third kappa shape index (κ3) is 2.37. The molecule has 0 saturated heterocycles. The molecular formula is C18H15F2N3O5. The number of aromatic nitrogens is 2. The summed E-state index contributed by atoms with van der Waals surface area (Å²) in [5, 5.41) is 9.08. The van der Waals surface area contributed by atoms with Gasteiger partial charge in [-0.1, -0.05) is 0 Å². The number of carbonyl (C=O) groups excluding carboxylic acids is 2. The Bertz CT molecular complexity index is 1240. The largest absolute Gasteiger partial charge is 0.505 e. The van der Waals surface area contributed by atoms with Crippen molar-refractivity contribution >= 4 is 33.7 Å². The summed E-state index contributed by atoms with van der Waals surface area (Å²) in [5.41, 5.74) is 2.64. The number of nitrogens with two attached hydrogens (primary N) is 1. The van der Waals surface area contributed by atoms with Crippen molar-refractivity contribution in [2.24, 2.45) is 5.73 Å². The Hall–Kier alpha value is -3.43. The van der Waals surface area contributed by atoms with Crippen molar-refractivity contribution in [3.05, 3.63) is 39.3 Å². The molecule has 1 aromatic carbocycles. The lowest BCUT2D eigenvalue weighted by atomic mass is 10.1. The monoisotopic (exact) mass is 391 g/mol. The van der Waals surface area contributed by atoms with Crippen LogP contribution in [0.4, 0.5) is 8.78 Å². The number of halogens is 2. The van der Waals surface area contributed by atoms with Crippen molar-refractivity contribution in [3.8, 4) is 5.75 Å². The molecule has 1 aliphatic rings. The van der Waals surface area contributed by atoms with E-state index in [0.717, 1.165) is 6.20 Å². The van der Waals surface area contributed by atoms with E-state index in [-0.39, 0.29) is 34.6 Å². The summed E-state index contributed by atoms with van der Waals surface area (Å²) in [4.78, 5) is 39.1. The van der Waals surface area contributed by atoms with Crippen LogP contribution in [0.25, 0.3) is 21.8 Å². The summed E-state index contributed by atoms with van der Waals surface area (Å²) in [6, 6.07) is -0.221. The minimum Gasteiger partial charge on any atom is -0.505 e. The number of hydrogen-bond donors (Lipinski definition) is 3. The van der Waals surface area contributed by atoms with Crippen LogP contribution in [0.15, 0.2) is 11.0 Å². The third-order valence-electron chi connectivity index (χ3n) is 4.76. The second kappa shape index (κ2) is 6.04. The van der Waals surface area contributed by atoms with E-state index in [0.29, 0.717) is 12.8 Å². The molecule has 0 atom stereocenters. The number of H-pyrrole nitrogens is 1. The van der Waals surface area contributed by atoms with Crippen LogP contribution in [0.2, 0.25) is 0 Å². The number of carbonyl (C=O) groups is 2. The highest BCUT2D eigenvalue weighted by Crippen LogP contribution is 2.41. The average molecular weight is 391 g/mol. The highest BCUT2D eigenvalue weighted by molar-refractivity contribution is 6.13. The van der Waals surface area contributed by atoms with Gasteiger partial charge in [0.15, 0.2) is 17.4 Å². The van der Waals surface area contributed by atoms with Gasteiger partial charge in [-0.15, -0.1) is 0 Å². The standard InChI is InChI=1S/C18H15F2N3O5/c1-2-28-18(27)7-5-23(6-3-4-6)14-9(15(7)24)12-8(10(19)11(14)20)16(25)13(22-12)17(21)26/h5-6,22,25H,2-4H2,1H3,(H2,21,26). The van der Waals surface area contributed by atoms with E-state index < -0.39 is 45.8 Å². The van der Waals surface area contributed by atoms with E-state index in [1.807, 2.05) is 0 Å². The van der Waals surface area contributed by atoms with Crippen molar-refractivity contribution in [2.45, 2.75) is 25.8 Å². The van der Waals surface area contributed by atoms with Gasteiger partial charge in [0.05, 0.1) is 28.4 Å². The van der Waals surface area contributed by atoms with Crippen LogP contribution in [0.3, 0.4) is 0 Å². The number of pyridine rings is 1. The Morgan fingerprint density at radius 3 is 2.57 bits per heavy atom. The van der Waals surface area contributed by atoms with Gasteiger partial charge in [-0.25, -0.2) is 13.6 Å². The van der Waals surface area contributed by atoms with Crippen LogP contribution in [0.5, 0.6) is 5.75 Å². The first kappa shape index (κ1) is 18.0. The SMILES string of the molecule is CCOC(=O)c1cn(C2CC2)c2c(F)c(F)c3c(O)c(C(N)=O)[nH]c3c2c1=O. The van der Waals surface area contributed by atoms with Crippen molar-refractivity contribution < 1.29 is 28.2 Å². The van der Waals surface area contributed by atoms with Gasteiger partial charge in [0, 0.05) is 12.2 Å². The molecule has 0 radical (unpaired) electrons. The van der Waals surface area contributed by atoms with Gasteiger partial charge < -0.3 is 25.1 Å². The topological polar surface area (TPSA) is 127 Å². The fraction of sp³-hybridized carbons (Fsp3) is 0.278. The third-order valence-corrected chi connectivity index (χ3v) is 4.76. The summed E-state index contributed by atoms with van der Waals surface area (Å²) >= 11 is 0. The lowest BCUT2D eigenvalue weighted by molar-refractivity contribution is 0.0524. The van der Waals surface area contributed by atoms with E-state index in [4.69, 9.17) is 10.5 Å². The Balaban J connectivity index is 2.24. The fourth-order valence-corrected chi connectivity index (χ4v) is 3.37. The van der Waals surface area contributed by atoms with Crippen LogP contribution < -0.4 is 11.2 Å². The molecule has 0 aliphatic heterocycles. The predicted molar refractivity (Wildman–Crippen MR) is 94.4 cm³/mol. The number of fused-ring (bicyclic) bond motifs is 3. The summed E-state index contributed by atoms with van der Waals surface area (Å²) < 4.78 is 35.9.